The summed E-state index contributed by atoms with van der Waals surface area (Å²) in [6.45, 7) is 7.47. The zero-order valence-corrected chi connectivity index (χ0v) is 11.0. The first-order chi connectivity index (χ1) is 8.25. The highest BCUT2D eigenvalue weighted by atomic mass is 16.4. The van der Waals surface area contributed by atoms with Crippen molar-refractivity contribution in [1.82, 2.24) is 20.1 Å². The van der Waals surface area contributed by atoms with Crippen LogP contribution in [0.5, 0.6) is 0 Å². The third-order valence-electron chi connectivity index (χ3n) is 2.38. The van der Waals surface area contributed by atoms with Crippen LogP contribution in [0.15, 0.2) is 0 Å². The lowest BCUT2D eigenvalue weighted by atomic mass is 9.96. The Morgan fingerprint density at radius 1 is 1.39 bits per heavy atom. The van der Waals surface area contributed by atoms with Crippen molar-refractivity contribution >= 4 is 11.9 Å². The largest absolute Gasteiger partial charge is 0.480 e. The fraction of sp³-hybridized carbons (Fsp3) is 0.636. The minimum Gasteiger partial charge on any atom is -0.480 e. The van der Waals surface area contributed by atoms with E-state index < -0.39 is 11.9 Å². The Labute approximate surface area is 105 Å². The molecular weight excluding hydrogens is 236 g/mol. The normalized spacial score (nSPS) is 11.3. The first kappa shape index (κ1) is 14.1. The molecule has 18 heavy (non-hydrogen) atoms. The fourth-order valence-corrected chi connectivity index (χ4v) is 1.32. The monoisotopic (exact) mass is 254 g/mol. The van der Waals surface area contributed by atoms with E-state index in [0.29, 0.717) is 12.4 Å². The number of nitrogens with one attached hydrogen (secondary N) is 1. The maximum atomic E-state index is 12.0. The van der Waals surface area contributed by atoms with Crippen molar-refractivity contribution in [2.75, 3.05) is 13.1 Å². The molecule has 2 N–H and O–H groups in total. The van der Waals surface area contributed by atoms with E-state index in [0.717, 1.165) is 0 Å². The third kappa shape index (κ3) is 3.28. The van der Waals surface area contributed by atoms with E-state index in [2.05, 4.69) is 15.2 Å². The minimum absolute atomic E-state index is 0.00280. The smallest absolute Gasteiger partial charge is 0.323 e. The standard InChI is InChI=1S/C11H18N4O3/c1-5-15(6-7(16)17)9(18)8-12-10(14-13-8)11(2,3)4/h5-6H2,1-4H3,(H,16,17)(H,12,13,14). The summed E-state index contributed by atoms with van der Waals surface area (Å²) in [4.78, 5) is 27.9. The minimum atomic E-state index is -1.06. The van der Waals surface area contributed by atoms with E-state index in [9.17, 15) is 9.59 Å². The number of H-pyrrole nitrogens is 1. The second kappa shape index (κ2) is 5.16. The van der Waals surface area contributed by atoms with Crippen LogP contribution in [0.25, 0.3) is 0 Å². The number of hydrogen-bond acceptors (Lipinski definition) is 4. The quantitative estimate of drug-likeness (QED) is 0.821. The number of hydrogen-bond donors (Lipinski definition) is 2. The highest BCUT2D eigenvalue weighted by molar-refractivity contribution is 5.92. The van der Waals surface area contributed by atoms with E-state index in [4.69, 9.17) is 5.11 Å². The summed E-state index contributed by atoms with van der Waals surface area (Å²) in [5.41, 5.74) is -0.241. The number of carboxylic acids is 1. The highest BCUT2D eigenvalue weighted by Crippen LogP contribution is 2.17. The molecule has 0 aliphatic carbocycles. The summed E-state index contributed by atoms with van der Waals surface area (Å²) >= 11 is 0. The van der Waals surface area contributed by atoms with E-state index in [1.54, 1.807) is 6.92 Å². The van der Waals surface area contributed by atoms with Crippen molar-refractivity contribution in [2.45, 2.75) is 33.1 Å². The van der Waals surface area contributed by atoms with Crippen LogP contribution in [-0.2, 0) is 10.2 Å². The predicted molar refractivity (Wildman–Crippen MR) is 64.3 cm³/mol. The lowest BCUT2D eigenvalue weighted by molar-refractivity contribution is -0.137. The first-order valence-electron chi connectivity index (χ1n) is 5.69. The Kier molecular flexibility index (Phi) is 4.05. The summed E-state index contributed by atoms with van der Waals surface area (Å²) in [5, 5.41) is 15.2. The molecule has 0 saturated carbocycles. The first-order valence-corrected chi connectivity index (χ1v) is 5.69. The fourth-order valence-electron chi connectivity index (χ4n) is 1.32. The van der Waals surface area contributed by atoms with Crippen LogP contribution in [0, 0.1) is 0 Å². The highest BCUT2D eigenvalue weighted by Gasteiger charge is 2.24. The number of aromatic amines is 1. The SMILES string of the molecule is CCN(CC(=O)O)C(=O)c1n[nH]c(C(C)(C)C)n1. The van der Waals surface area contributed by atoms with Gasteiger partial charge in [-0.25, -0.2) is 4.98 Å². The molecule has 0 aliphatic heterocycles. The predicted octanol–water partition coefficient (Wildman–Crippen LogP) is 0.649. The van der Waals surface area contributed by atoms with Crippen LogP contribution in [0.3, 0.4) is 0 Å². The van der Waals surface area contributed by atoms with Gasteiger partial charge in [-0.1, -0.05) is 20.8 Å². The molecule has 0 saturated heterocycles. The van der Waals surface area contributed by atoms with Gasteiger partial charge in [-0.15, -0.1) is 5.10 Å². The van der Waals surface area contributed by atoms with E-state index >= 15 is 0 Å². The number of amides is 1. The Morgan fingerprint density at radius 3 is 2.39 bits per heavy atom. The van der Waals surface area contributed by atoms with Crippen molar-refractivity contribution in [1.29, 1.82) is 0 Å². The van der Waals surface area contributed by atoms with Crippen molar-refractivity contribution in [3.05, 3.63) is 11.6 Å². The van der Waals surface area contributed by atoms with Crippen LogP contribution in [0.4, 0.5) is 0 Å². The van der Waals surface area contributed by atoms with Gasteiger partial charge in [-0.3, -0.25) is 14.7 Å². The summed E-state index contributed by atoms with van der Waals surface area (Å²) < 4.78 is 0. The van der Waals surface area contributed by atoms with E-state index in [1.807, 2.05) is 20.8 Å². The number of carbonyl (C=O) groups excluding carboxylic acids is 1. The molecular formula is C11H18N4O3. The zero-order chi connectivity index (χ0) is 13.9. The summed E-state index contributed by atoms with van der Waals surface area (Å²) in [6.07, 6.45) is 0. The molecule has 0 bridgehead atoms. The van der Waals surface area contributed by atoms with Gasteiger partial charge in [0.25, 0.3) is 5.91 Å². The second-order valence-corrected chi connectivity index (χ2v) is 4.97. The average molecular weight is 254 g/mol. The third-order valence-corrected chi connectivity index (χ3v) is 2.38. The number of aliphatic carboxylic acids is 1. The van der Waals surface area contributed by atoms with Crippen molar-refractivity contribution < 1.29 is 14.7 Å². The van der Waals surface area contributed by atoms with E-state index in [1.165, 1.54) is 4.90 Å². The number of carboxylic acid groups (broad SMARTS) is 1. The molecule has 1 amide bonds. The number of likely N-dealkylation sites (N-methyl/N-ethyl adjacent to an activating group) is 1. The number of rotatable bonds is 4. The van der Waals surface area contributed by atoms with Crippen molar-refractivity contribution in [3.63, 3.8) is 0 Å². The Balaban J connectivity index is 2.89. The van der Waals surface area contributed by atoms with Crippen LogP contribution in [-0.4, -0.2) is 50.2 Å². The van der Waals surface area contributed by atoms with Gasteiger partial charge >= 0.3 is 5.97 Å². The Bertz CT molecular complexity index is 447. The van der Waals surface area contributed by atoms with Crippen molar-refractivity contribution in [3.8, 4) is 0 Å². The number of aromatic nitrogens is 3. The molecule has 7 heteroatoms. The van der Waals surface area contributed by atoms with Crippen LogP contribution in [0.2, 0.25) is 0 Å². The van der Waals surface area contributed by atoms with Crippen molar-refractivity contribution in [2.24, 2.45) is 0 Å². The second-order valence-electron chi connectivity index (χ2n) is 4.97. The maximum Gasteiger partial charge on any atom is 0.323 e. The molecule has 0 atom stereocenters. The van der Waals surface area contributed by atoms with Gasteiger partial charge in [0.05, 0.1) is 0 Å². The molecule has 0 aliphatic rings. The molecule has 1 aromatic rings. The van der Waals surface area contributed by atoms with Gasteiger partial charge < -0.3 is 10.0 Å². The molecule has 7 nitrogen and oxygen atoms in total. The van der Waals surface area contributed by atoms with Crippen LogP contribution in [0.1, 0.15) is 44.1 Å². The summed E-state index contributed by atoms with van der Waals surface area (Å²) in [5.74, 6) is -0.941. The topological polar surface area (TPSA) is 99.2 Å². The Morgan fingerprint density at radius 2 is 2.00 bits per heavy atom. The number of nitrogens with zero attached hydrogens (tertiary/aromatic N) is 3. The molecule has 1 heterocycles. The molecule has 0 radical (unpaired) electrons. The lowest BCUT2D eigenvalue weighted by Crippen LogP contribution is -2.36. The molecule has 100 valence electrons. The molecule has 0 spiro atoms. The average Bonchev–Trinajstić information content (AvgIpc) is 2.73. The van der Waals surface area contributed by atoms with E-state index in [-0.39, 0.29) is 17.8 Å². The van der Waals surface area contributed by atoms with Gasteiger partial charge in [0.2, 0.25) is 5.82 Å². The van der Waals surface area contributed by atoms with Crippen LogP contribution < -0.4 is 0 Å². The molecule has 1 aromatic heterocycles. The summed E-state index contributed by atoms with van der Waals surface area (Å²) in [7, 11) is 0. The van der Waals surface area contributed by atoms with Gasteiger partial charge in [-0.2, -0.15) is 0 Å². The molecule has 0 unspecified atom stereocenters. The van der Waals surface area contributed by atoms with Gasteiger partial charge in [-0.05, 0) is 6.92 Å². The molecule has 0 aromatic carbocycles. The zero-order valence-electron chi connectivity index (χ0n) is 11.0. The lowest BCUT2D eigenvalue weighted by Gasteiger charge is -2.16. The molecule has 0 fully saturated rings. The van der Waals surface area contributed by atoms with Gasteiger partial charge in [0.15, 0.2) is 0 Å². The van der Waals surface area contributed by atoms with Gasteiger partial charge in [0.1, 0.15) is 12.4 Å². The van der Waals surface area contributed by atoms with Gasteiger partial charge in [0, 0.05) is 12.0 Å². The Hall–Kier alpha value is -1.92. The van der Waals surface area contributed by atoms with Crippen LogP contribution >= 0.6 is 0 Å². The maximum absolute atomic E-state index is 12.0. The number of carbonyl (C=O) groups is 2. The summed E-state index contributed by atoms with van der Waals surface area (Å²) in [6, 6.07) is 0. The molecule has 1 rings (SSSR count).